The molecular weight excluding hydrogens is 1810 g/mol. The smallest absolute Gasteiger partial charge is 0.385 e. The Balaban J connectivity index is 0.000000160. The highest BCUT2D eigenvalue weighted by Gasteiger charge is 2.30. The van der Waals surface area contributed by atoms with Gasteiger partial charge in [-0.25, -0.2) is 98.0 Å². The monoisotopic (exact) mass is 1910 g/mol. The van der Waals surface area contributed by atoms with Gasteiger partial charge in [0.25, 0.3) is 17.5 Å². The predicted octanol–water partition coefficient (Wildman–Crippen LogP) is 17.2. The third kappa shape index (κ3) is 24.7. The predicted molar refractivity (Wildman–Crippen MR) is 500 cm³/mol. The molecule has 726 valence electrons. The zero-order chi connectivity index (χ0) is 101. The van der Waals surface area contributed by atoms with Gasteiger partial charge in [-0.2, -0.15) is 15.3 Å². The van der Waals surface area contributed by atoms with Gasteiger partial charge in [-0.15, -0.1) is 71.6 Å². The van der Waals surface area contributed by atoms with Crippen molar-refractivity contribution in [3.8, 4) is 16.9 Å². The Morgan fingerprint density at radius 1 is 0.576 bits per heavy atom. The number of aliphatic hydroxyl groups is 1. The van der Waals surface area contributed by atoms with E-state index in [0.29, 0.717) is 102 Å². The first-order valence-corrected chi connectivity index (χ1v) is 43.2. The lowest BCUT2D eigenvalue weighted by molar-refractivity contribution is 0.0527. The topological polar surface area (TPSA) is 669 Å². The number of azo groups is 6. The van der Waals surface area contributed by atoms with Crippen LogP contribution >= 0.6 is 0 Å². The first-order valence-electron chi connectivity index (χ1n) is 43.2. The van der Waals surface area contributed by atoms with Crippen molar-refractivity contribution < 1.29 is 51.4 Å². The molecule has 0 aliphatic carbocycles. The van der Waals surface area contributed by atoms with E-state index >= 15 is 0 Å². The minimum atomic E-state index is -0.671. The van der Waals surface area contributed by atoms with Crippen molar-refractivity contribution in [1.29, 1.82) is 0 Å². The number of imidazole rings is 2. The van der Waals surface area contributed by atoms with E-state index in [-0.39, 0.29) is 111 Å². The highest BCUT2D eigenvalue weighted by molar-refractivity contribution is 5.94. The number of rotatable bonds is 24. The van der Waals surface area contributed by atoms with Crippen LogP contribution in [0.15, 0.2) is 221 Å². The average Bonchev–Trinajstić information content (AvgIpc) is 1.71. The summed E-state index contributed by atoms with van der Waals surface area (Å²) in [6.45, 7) is 41.7. The number of likely N-dealkylation sites (tertiary alicyclic amines) is 1. The molecule has 0 spiro atoms. The SMILES string of the molecule is CCOC(=O)c1cn[nH]c1N=Nc1c(-c2ccccc2)[nH]oc1=O.CCc1[nH]oc(=O)c1N=Nc1nc(C)c(C)n1CCO.CCc1[nH]oc(=O)c1N=Nc1nnc(C)n1C(=O)N1CCCC1.Cc1nc(N=Nc2c(C(C)C)[nH]oc2=O)n(C)c1C(N)=O.Cc1nn(Cc2ccccc2)c(N=Nc2c(C(C)(C)C)[nH]oc2=O)c1C.[C-]#[N+]c1cnn(-c2ccccc2)c1N=Nc1c(C(C)(C)C)[nH]oc1=O. The summed E-state index contributed by atoms with van der Waals surface area (Å²) in [6, 6.07) is 28.1. The Kier molecular flexibility index (Phi) is 33.6. The molecule has 16 rings (SSSR count). The number of esters is 1. The van der Waals surface area contributed by atoms with Crippen molar-refractivity contribution in [3.05, 3.63) is 257 Å². The van der Waals surface area contributed by atoms with Crippen LogP contribution in [0.4, 0.5) is 79.9 Å². The van der Waals surface area contributed by atoms with E-state index in [9.17, 15) is 43.2 Å². The maximum absolute atomic E-state index is 12.5. The zero-order valence-corrected chi connectivity index (χ0v) is 79.1. The summed E-state index contributed by atoms with van der Waals surface area (Å²) in [5.41, 5.74) is 12.0. The van der Waals surface area contributed by atoms with Crippen molar-refractivity contribution >= 4 is 93.0 Å². The zero-order valence-electron chi connectivity index (χ0n) is 79.1. The van der Waals surface area contributed by atoms with Gasteiger partial charge in [0.2, 0.25) is 11.9 Å². The third-order valence-corrected chi connectivity index (χ3v) is 20.7. The van der Waals surface area contributed by atoms with Gasteiger partial charge in [0.1, 0.15) is 22.8 Å². The maximum atomic E-state index is 12.5. The normalized spacial score (nSPS) is 12.2. The fourth-order valence-electron chi connectivity index (χ4n) is 13.1. The summed E-state index contributed by atoms with van der Waals surface area (Å²) in [4.78, 5) is 119. The second kappa shape index (κ2) is 45.9. The van der Waals surface area contributed by atoms with Crippen LogP contribution in [0.1, 0.15) is 184 Å². The number of benzene rings is 3. The molecule has 0 radical (unpaired) electrons. The van der Waals surface area contributed by atoms with E-state index < -0.39 is 45.6 Å². The molecule has 3 aromatic carbocycles. The summed E-state index contributed by atoms with van der Waals surface area (Å²) < 4.78 is 41.3. The van der Waals surface area contributed by atoms with Gasteiger partial charge in [-0.05, 0) is 97.8 Å². The number of carbonyl (C=O) groups excluding carboxylic acids is 3. The summed E-state index contributed by atoms with van der Waals surface area (Å²) in [6.07, 6.45) is 5.78. The molecule has 12 aromatic heterocycles. The summed E-state index contributed by atoms with van der Waals surface area (Å²) in [5, 5.41) is 95.1. The molecule has 0 atom stereocenters. The number of primary amides is 1. The van der Waals surface area contributed by atoms with Gasteiger partial charge in [0.05, 0.1) is 90.0 Å². The molecule has 10 N–H and O–H groups in total. The first-order chi connectivity index (χ1) is 66.4. The lowest BCUT2D eigenvalue weighted by Crippen LogP contribution is -2.32. The molecule has 51 heteroatoms. The van der Waals surface area contributed by atoms with Crippen LogP contribution in [0.2, 0.25) is 0 Å². The molecule has 1 saturated heterocycles. The molecule has 139 heavy (non-hydrogen) atoms. The van der Waals surface area contributed by atoms with E-state index in [1.165, 1.54) is 26.2 Å². The number of hydrogen-bond donors (Lipinski definition) is 9. The summed E-state index contributed by atoms with van der Waals surface area (Å²) >= 11 is 0. The second-order valence-electron chi connectivity index (χ2n) is 32.8. The molecule has 1 aliphatic rings. The first kappa shape index (κ1) is 102. The Bertz CT molecular complexity index is 7400. The van der Waals surface area contributed by atoms with Crippen LogP contribution in [0.3, 0.4) is 0 Å². The Morgan fingerprint density at radius 2 is 1.08 bits per heavy atom. The van der Waals surface area contributed by atoms with Gasteiger partial charge >= 0.3 is 45.8 Å². The number of aromatic nitrogens is 19. The summed E-state index contributed by atoms with van der Waals surface area (Å²) in [7, 11) is 1.59. The Morgan fingerprint density at radius 3 is 1.63 bits per heavy atom. The van der Waals surface area contributed by atoms with Gasteiger partial charge in [-0.1, -0.05) is 148 Å². The number of aliphatic hydroxyl groups excluding tert-OH is 1. The number of aryl methyl sites for hydroxylation is 6. The number of ether oxygens (including phenoxy) is 1. The standard InChI is InChI=1S/C19H23N5O2.C17H16N6O2.C15H13N5O4.C13H17N7O3.C12H16N6O3.C12H17N5O3/c1-12-13(2)22-24(11-14-9-7-6-8-10-14)17(12)21-20-15-16(19(3,4)5)23-26-18(15)25;1-17(2,3)14-13(16(24)25-22-14)20-21-15-12(18-4)10-19-23(15)11-8-6-5-7-9-11;1-2-23-14(21)10-8-16-18-13(10)19-17-12-11(20-24-15(12)22)9-6-4-3-5-7-9;1-3-9-10(11(21)23-18-9)15-17-12-16-14-8(2)20(12)13(22)19-6-4-5-7-19;1-5(2)7-8(11(20)21-17-7)15-16-12-14-6(3)9(10(13)19)18(12)4;1-4-9-10(11(19)20-16-9)14-15-12-13-7(2)8(3)17(12)5-6-18/h6-10,23H,11H2,1-5H3;5-10,22H,1-3H3;3-8,20H,2H2,1H3,(H,16,18);18H,3-7H2,1-2H3;5,17H,1-4H3,(H2,13,19);16,18H,4-6H2,1-3H3. The van der Waals surface area contributed by atoms with Gasteiger partial charge in [0.15, 0.2) is 51.6 Å². The van der Waals surface area contributed by atoms with Crippen molar-refractivity contribution in [3.63, 3.8) is 0 Å². The second-order valence-corrected chi connectivity index (χ2v) is 32.8. The largest absolute Gasteiger partial charge is 0.462 e. The van der Waals surface area contributed by atoms with Gasteiger partial charge in [0, 0.05) is 54.3 Å². The lowest BCUT2D eigenvalue weighted by atomic mass is 9.91. The van der Waals surface area contributed by atoms with E-state index in [1.54, 1.807) is 54.1 Å². The minimum absolute atomic E-state index is 0.00870. The third-order valence-electron chi connectivity index (χ3n) is 20.7. The number of para-hydroxylation sites is 1. The van der Waals surface area contributed by atoms with Crippen LogP contribution in [0, 0.1) is 48.1 Å². The van der Waals surface area contributed by atoms with Crippen molar-refractivity contribution in [1.82, 2.24) is 99.5 Å². The number of amides is 2. The fourth-order valence-corrected chi connectivity index (χ4v) is 13.1. The molecule has 0 saturated carbocycles. The van der Waals surface area contributed by atoms with E-state index in [4.69, 9.17) is 40.2 Å². The highest BCUT2D eigenvalue weighted by atomic mass is 16.5. The number of nitrogens with one attached hydrogen (secondary N) is 7. The highest BCUT2D eigenvalue weighted by Crippen LogP contribution is 2.37. The molecular formula is C88H102N34O17. The van der Waals surface area contributed by atoms with Crippen molar-refractivity contribution in [2.24, 2.45) is 74.2 Å². The maximum Gasteiger partial charge on any atom is 0.385 e. The van der Waals surface area contributed by atoms with Crippen LogP contribution < -0.4 is 39.5 Å². The van der Waals surface area contributed by atoms with E-state index in [2.05, 4.69) is 147 Å². The molecule has 1 fully saturated rings. The van der Waals surface area contributed by atoms with Gasteiger partial charge < -0.3 is 56.7 Å². The number of nitrogens with two attached hydrogens (primary N) is 1. The van der Waals surface area contributed by atoms with Crippen LogP contribution in [0.25, 0.3) is 21.8 Å². The number of nitrogens with zero attached hydrogens (tertiary/aromatic N) is 26. The van der Waals surface area contributed by atoms with Crippen LogP contribution in [0.5, 0.6) is 0 Å². The number of carbonyl (C=O) groups is 3. The average molecular weight is 1910 g/mol. The quantitative estimate of drug-likeness (QED) is 0.0154. The lowest BCUT2D eigenvalue weighted by Gasteiger charge is -2.15. The molecule has 1 aliphatic heterocycles. The molecule has 13 heterocycles. The van der Waals surface area contributed by atoms with Gasteiger partial charge in [-0.3, -0.25) is 9.89 Å². The molecule has 51 nitrogen and oxygen atoms in total. The number of hydrogen-bond acceptors (Lipinski definition) is 36. The Labute approximate surface area is 787 Å². The molecule has 0 unspecified atom stereocenters. The Hall–Kier alpha value is -17.6. The fraction of sp³-hybridized carbons (Fsp3) is 0.352. The minimum Gasteiger partial charge on any atom is -0.462 e. The molecule has 15 aromatic rings. The molecule has 0 bridgehead atoms. The van der Waals surface area contributed by atoms with E-state index in [0.717, 1.165) is 46.7 Å². The number of aromatic amines is 7. The van der Waals surface area contributed by atoms with Crippen molar-refractivity contribution in [2.45, 2.75) is 173 Å². The number of H-pyrrole nitrogens is 7. The van der Waals surface area contributed by atoms with Crippen LogP contribution in [-0.4, -0.2) is 149 Å². The van der Waals surface area contributed by atoms with Crippen LogP contribution in [-0.2, 0) is 48.5 Å². The summed E-state index contributed by atoms with van der Waals surface area (Å²) in [5.74, 6) is 0.816. The van der Waals surface area contributed by atoms with E-state index in [1.807, 2.05) is 176 Å². The van der Waals surface area contributed by atoms with Crippen molar-refractivity contribution in [2.75, 3.05) is 26.3 Å². The molecule has 2 amide bonds.